The fourth-order valence-electron chi connectivity index (χ4n) is 1.98. The summed E-state index contributed by atoms with van der Waals surface area (Å²) in [4.78, 5) is 23.6. The van der Waals surface area contributed by atoms with E-state index in [1.165, 1.54) is 13.0 Å². The van der Waals surface area contributed by atoms with Crippen LogP contribution in [0.15, 0.2) is 54.6 Å². The summed E-state index contributed by atoms with van der Waals surface area (Å²) in [6.45, 7) is 1.70. The molecule has 0 unspecified atom stereocenters. The summed E-state index contributed by atoms with van der Waals surface area (Å²) >= 11 is 0. The van der Waals surface area contributed by atoms with Crippen LogP contribution in [0.4, 0.5) is 9.18 Å². The Morgan fingerprint density at radius 3 is 2.46 bits per heavy atom. The summed E-state index contributed by atoms with van der Waals surface area (Å²) in [6, 6.07) is 14.6. The number of amides is 2. The van der Waals surface area contributed by atoms with Gasteiger partial charge in [0.15, 0.2) is 0 Å². The van der Waals surface area contributed by atoms with Crippen molar-refractivity contribution in [2.75, 3.05) is 0 Å². The highest BCUT2D eigenvalue weighted by atomic mass is 19.1. The van der Waals surface area contributed by atoms with Crippen LogP contribution in [0.25, 0.3) is 0 Å². The lowest BCUT2D eigenvalue weighted by Crippen LogP contribution is -2.44. The number of rotatable bonds is 6. The van der Waals surface area contributed by atoms with E-state index in [1.807, 2.05) is 30.3 Å². The lowest BCUT2D eigenvalue weighted by Gasteiger charge is -2.14. The van der Waals surface area contributed by atoms with Crippen LogP contribution in [0.2, 0.25) is 0 Å². The third-order valence-electron chi connectivity index (χ3n) is 3.35. The van der Waals surface area contributed by atoms with Crippen LogP contribution in [0, 0.1) is 5.82 Å². The molecule has 0 saturated heterocycles. The Balaban J connectivity index is 1.74. The van der Waals surface area contributed by atoms with Gasteiger partial charge in [-0.1, -0.05) is 48.5 Å². The van der Waals surface area contributed by atoms with Crippen molar-refractivity contribution in [1.29, 1.82) is 0 Å². The van der Waals surface area contributed by atoms with Gasteiger partial charge in [-0.3, -0.25) is 4.79 Å². The molecule has 24 heavy (non-hydrogen) atoms. The molecule has 0 bridgehead atoms. The first-order chi connectivity index (χ1) is 11.6. The Labute approximate surface area is 139 Å². The number of alkyl carbamates (subject to hydrolysis) is 1. The molecular formula is C18H19FN2O3. The molecule has 0 heterocycles. The van der Waals surface area contributed by atoms with Crippen molar-refractivity contribution in [3.05, 3.63) is 71.5 Å². The van der Waals surface area contributed by atoms with Gasteiger partial charge in [0, 0.05) is 12.1 Å². The third-order valence-corrected chi connectivity index (χ3v) is 3.35. The maximum atomic E-state index is 13.5. The molecule has 0 saturated carbocycles. The van der Waals surface area contributed by atoms with E-state index in [-0.39, 0.29) is 19.0 Å². The maximum absolute atomic E-state index is 13.5. The van der Waals surface area contributed by atoms with Crippen molar-refractivity contribution >= 4 is 12.0 Å². The van der Waals surface area contributed by atoms with Gasteiger partial charge in [-0.15, -0.1) is 0 Å². The SMILES string of the molecule is C[C@H](NC(=O)OCc1ccccc1)C(=O)NCc1ccccc1F. The number of halogens is 1. The summed E-state index contributed by atoms with van der Waals surface area (Å²) in [7, 11) is 0. The summed E-state index contributed by atoms with van der Waals surface area (Å²) in [5, 5.41) is 5.00. The van der Waals surface area contributed by atoms with Crippen LogP contribution in [0.5, 0.6) is 0 Å². The number of hydrogen-bond donors (Lipinski definition) is 2. The lowest BCUT2D eigenvalue weighted by atomic mass is 10.2. The molecule has 126 valence electrons. The normalized spacial score (nSPS) is 11.4. The molecule has 2 N–H and O–H groups in total. The second-order valence-electron chi connectivity index (χ2n) is 5.24. The molecular weight excluding hydrogens is 311 g/mol. The van der Waals surface area contributed by atoms with Gasteiger partial charge >= 0.3 is 6.09 Å². The molecule has 2 amide bonds. The summed E-state index contributed by atoms with van der Waals surface area (Å²) < 4.78 is 18.5. The third kappa shape index (κ3) is 5.39. The van der Waals surface area contributed by atoms with Crippen molar-refractivity contribution in [3.8, 4) is 0 Å². The average molecular weight is 330 g/mol. The van der Waals surface area contributed by atoms with Crippen LogP contribution in [0.3, 0.4) is 0 Å². The summed E-state index contributed by atoms with van der Waals surface area (Å²) in [6.07, 6.45) is -0.688. The second kappa shape index (κ2) is 8.67. The fourth-order valence-corrected chi connectivity index (χ4v) is 1.98. The first kappa shape index (κ1) is 17.5. The van der Waals surface area contributed by atoms with Crippen LogP contribution in [0.1, 0.15) is 18.1 Å². The number of carbonyl (C=O) groups excluding carboxylic acids is 2. The van der Waals surface area contributed by atoms with Crippen LogP contribution in [-0.2, 0) is 22.7 Å². The smallest absolute Gasteiger partial charge is 0.408 e. The van der Waals surface area contributed by atoms with Crippen molar-refractivity contribution < 1.29 is 18.7 Å². The van der Waals surface area contributed by atoms with Crippen molar-refractivity contribution in [1.82, 2.24) is 10.6 Å². The predicted octanol–water partition coefficient (Wildman–Crippen LogP) is 2.76. The Hall–Kier alpha value is -2.89. The summed E-state index contributed by atoms with van der Waals surface area (Å²) in [5.74, 6) is -0.810. The van der Waals surface area contributed by atoms with E-state index in [2.05, 4.69) is 10.6 Å². The van der Waals surface area contributed by atoms with Crippen LogP contribution in [-0.4, -0.2) is 18.0 Å². The van der Waals surface area contributed by atoms with Gasteiger partial charge in [0.25, 0.3) is 0 Å². The molecule has 5 nitrogen and oxygen atoms in total. The van der Waals surface area contributed by atoms with E-state index < -0.39 is 18.0 Å². The standard InChI is InChI=1S/C18H19FN2O3/c1-13(17(22)20-11-15-9-5-6-10-16(15)19)21-18(23)24-12-14-7-3-2-4-8-14/h2-10,13H,11-12H2,1H3,(H,20,22)(H,21,23)/t13-/m0/s1. The Kier molecular flexibility index (Phi) is 6.31. The quantitative estimate of drug-likeness (QED) is 0.856. The molecule has 2 rings (SSSR count). The molecule has 0 aromatic heterocycles. The number of nitrogens with one attached hydrogen (secondary N) is 2. The first-order valence-electron chi connectivity index (χ1n) is 7.54. The minimum absolute atomic E-state index is 0.0522. The van der Waals surface area contributed by atoms with Crippen molar-refractivity contribution in [2.45, 2.75) is 26.1 Å². The van der Waals surface area contributed by atoms with E-state index in [1.54, 1.807) is 18.2 Å². The molecule has 0 aliphatic carbocycles. The molecule has 0 fully saturated rings. The molecule has 6 heteroatoms. The highest BCUT2D eigenvalue weighted by Gasteiger charge is 2.16. The van der Waals surface area contributed by atoms with Crippen molar-refractivity contribution in [2.24, 2.45) is 0 Å². The summed E-state index contributed by atoms with van der Waals surface area (Å²) in [5.41, 5.74) is 1.23. The highest BCUT2D eigenvalue weighted by molar-refractivity contribution is 5.85. The highest BCUT2D eigenvalue weighted by Crippen LogP contribution is 2.05. The molecule has 0 spiro atoms. The second-order valence-corrected chi connectivity index (χ2v) is 5.24. The largest absolute Gasteiger partial charge is 0.445 e. The maximum Gasteiger partial charge on any atom is 0.408 e. The van der Waals surface area contributed by atoms with Gasteiger partial charge < -0.3 is 15.4 Å². The zero-order valence-electron chi connectivity index (χ0n) is 13.3. The minimum Gasteiger partial charge on any atom is -0.445 e. The number of carbonyl (C=O) groups is 2. The van der Waals surface area contributed by atoms with Crippen LogP contribution >= 0.6 is 0 Å². The fraction of sp³-hybridized carbons (Fsp3) is 0.222. The van der Waals surface area contributed by atoms with Crippen molar-refractivity contribution in [3.63, 3.8) is 0 Å². The molecule has 2 aromatic rings. The van der Waals surface area contributed by atoms with Gasteiger partial charge in [0.2, 0.25) is 5.91 Å². The monoisotopic (exact) mass is 330 g/mol. The topological polar surface area (TPSA) is 67.4 Å². The van der Waals surface area contributed by atoms with E-state index in [4.69, 9.17) is 4.74 Å². The van der Waals surface area contributed by atoms with Gasteiger partial charge in [0.1, 0.15) is 18.5 Å². The van der Waals surface area contributed by atoms with E-state index >= 15 is 0 Å². The van der Waals surface area contributed by atoms with Gasteiger partial charge in [-0.2, -0.15) is 0 Å². The zero-order chi connectivity index (χ0) is 17.4. The average Bonchev–Trinajstić information content (AvgIpc) is 2.60. The Morgan fingerprint density at radius 1 is 1.08 bits per heavy atom. The van der Waals surface area contributed by atoms with E-state index in [0.717, 1.165) is 5.56 Å². The van der Waals surface area contributed by atoms with Gasteiger partial charge in [-0.25, -0.2) is 9.18 Å². The first-order valence-corrected chi connectivity index (χ1v) is 7.54. The molecule has 1 atom stereocenters. The lowest BCUT2D eigenvalue weighted by molar-refractivity contribution is -0.122. The number of hydrogen-bond acceptors (Lipinski definition) is 3. The Morgan fingerprint density at radius 2 is 1.75 bits per heavy atom. The molecule has 0 aliphatic heterocycles. The van der Waals surface area contributed by atoms with Gasteiger partial charge in [-0.05, 0) is 18.6 Å². The predicted molar refractivity (Wildman–Crippen MR) is 87.5 cm³/mol. The number of benzene rings is 2. The molecule has 0 radical (unpaired) electrons. The van der Waals surface area contributed by atoms with Gasteiger partial charge in [0.05, 0.1) is 0 Å². The van der Waals surface area contributed by atoms with Crippen LogP contribution < -0.4 is 10.6 Å². The Bertz CT molecular complexity index is 692. The minimum atomic E-state index is -0.792. The molecule has 2 aromatic carbocycles. The molecule has 0 aliphatic rings. The zero-order valence-corrected chi connectivity index (χ0v) is 13.3. The number of ether oxygens (including phenoxy) is 1. The van der Waals surface area contributed by atoms with E-state index in [0.29, 0.717) is 5.56 Å². The van der Waals surface area contributed by atoms with E-state index in [9.17, 15) is 14.0 Å².